The minimum atomic E-state index is 0.567. The van der Waals surface area contributed by atoms with Gasteiger partial charge in [-0.1, -0.05) is 40.0 Å². The number of nitrogens with two attached hydrogens (primary N) is 1. The van der Waals surface area contributed by atoms with Crippen LogP contribution >= 0.6 is 0 Å². The van der Waals surface area contributed by atoms with Crippen molar-refractivity contribution in [3.8, 4) is 0 Å². The Balaban J connectivity index is 2.39. The summed E-state index contributed by atoms with van der Waals surface area (Å²) in [6, 6.07) is 1.37. The molecule has 0 aromatic carbocycles. The van der Waals surface area contributed by atoms with Gasteiger partial charge in [-0.3, -0.25) is 4.90 Å². The topological polar surface area (TPSA) is 29.3 Å². The van der Waals surface area contributed by atoms with Gasteiger partial charge in [0.1, 0.15) is 0 Å². The smallest absolute Gasteiger partial charge is 0.0218 e. The maximum Gasteiger partial charge on any atom is 0.0218 e. The number of unbranched alkanes of at least 4 members (excludes halogenated alkanes) is 2. The molecule has 0 radical (unpaired) electrons. The summed E-state index contributed by atoms with van der Waals surface area (Å²) in [6.45, 7) is 7.90. The molecule has 0 aromatic rings. The standard InChI is InChI=1S/C16H34N2/c1-5-6-7-8-15(13-17)18(4)14-9-11-16(2,3)12-10-14/h14-15H,5-13,17H2,1-4H3. The molecule has 0 aliphatic heterocycles. The second-order valence-corrected chi connectivity index (χ2v) is 6.95. The third kappa shape index (κ3) is 4.89. The first-order valence-corrected chi connectivity index (χ1v) is 7.92. The molecule has 1 saturated carbocycles. The predicted octanol–water partition coefficient (Wildman–Crippen LogP) is 3.79. The van der Waals surface area contributed by atoms with E-state index in [1.54, 1.807) is 0 Å². The lowest BCUT2D eigenvalue weighted by atomic mass is 9.75. The van der Waals surface area contributed by atoms with Crippen molar-refractivity contribution in [2.45, 2.75) is 84.2 Å². The van der Waals surface area contributed by atoms with Gasteiger partial charge in [0.2, 0.25) is 0 Å². The normalized spacial score (nSPS) is 22.3. The van der Waals surface area contributed by atoms with Crippen molar-refractivity contribution in [2.24, 2.45) is 11.1 Å². The second-order valence-electron chi connectivity index (χ2n) is 6.95. The molecule has 2 nitrogen and oxygen atoms in total. The summed E-state index contributed by atoms with van der Waals surface area (Å²) in [5.74, 6) is 0. The van der Waals surface area contributed by atoms with Crippen molar-refractivity contribution >= 4 is 0 Å². The molecule has 0 aromatic heterocycles. The quantitative estimate of drug-likeness (QED) is 0.700. The summed E-state index contributed by atoms with van der Waals surface area (Å²) in [5, 5.41) is 0. The van der Waals surface area contributed by atoms with Crippen molar-refractivity contribution in [3.05, 3.63) is 0 Å². The highest BCUT2D eigenvalue weighted by molar-refractivity contribution is 4.85. The van der Waals surface area contributed by atoms with E-state index in [2.05, 4.69) is 32.7 Å². The summed E-state index contributed by atoms with van der Waals surface area (Å²) in [4.78, 5) is 2.59. The summed E-state index contributed by atoms with van der Waals surface area (Å²) < 4.78 is 0. The molecule has 1 aliphatic rings. The van der Waals surface area contributed by atoms with Gasteiger partial charge in [0.05, 0.1) is 0 Å². The molecular weight excluding hydrogens is 220 g/mol. The van der Waals surface area contributed by atoms with Crippen molar-refractivity contribution in [2.75, 3.05) is 13.6 Å². The molecule has 0 saturated heterocycles. The van der Waals surface area contributed by atoms with Crippen LogP contribution in [0.25, 0.3) is 0 Å². The molecule has 0 amide bonds. The Bertz CT molecular complexity index is 215. The fraction of sp³-hybridized carbons (Fsp3) is 1.00. The molecular formula is C16H34N2. The number of nitrogens with zero attached hydrogens (tertiary/aromatic N) is 1. The fourth-order valence-electron chi connectivity index (χ4n) is 3.21. The van der Waals surface area contributed by atoms with Gasteiger partial charge in [-0.2, -0.15) is 0 Å². The van der Waals surface area contributed by atoms with Crippen LogP contribution in [0.1, 0.15) is 72.1 Å². The van der Waals surface area contributed by atoms with Crippen LogP contribution in [0.3, 0.4) is 0 Å². The van der Waals surface area contributed by atoms with Crippen molar-refractivity contribution in [1.82, 2.24) is 4.90 Å². The number of likely N-dealkylation sites (N-methyl/N-ethyl adjacent to an activating group) is 1. The maximum absolute atomic E-state index is 5.97. The monoisotopic (exact) mass is 254 g/mol. The van der Waals surface area contributed by atoms with E-state index in [0.29, 0.717) is 11.5 Å². The summed E-state index contributed by atoms with van der Waals surface area (Å²) >= 11 is 0. The predicted molar refractivity (Wildman–Crippen MR) is 80.8 cm³/mol. The average Bonchev–Trinajstić information content (AvgIpc) is 2.34. The van der Waals surface area contributed by atoms with E-state index in [9.17, 15) is 0 Å². The SMILES string of the molecule is CCCCCC(CN)N(C)C1CCC(C)(C)CC1. The van der Waals surface area contributed by atoms with E-state index < -0.39 is 0 Å². The van der Waals surface area contributed by atoms with Crippen LogP contribution in [0.5, 0.6) is 0 Å². The molecule has 2 heteroatoms. The Morgan fingerprint density at radius 1 is 1.22 bits per heavy atom. The summed E-state index contributed by atoms with van der Waals surface area (Å²) in [7, 11) is 2.30. The van der Waals surface area contributed by atoms with Gasteiger partial charge in [0.25, 0.3) is 0 Å². The highest BCUT2D eigenvalue weighted by Gasteiger charge is 2.30. The van der Waals surface area contributed by atoms with Crippen LogP contribution < -0.4 is 5.73 Å². The zero-order valence-electron chi connectivity index (χ0n) is 13.0. The Morgan fingerprint density at radius 3 is 2.33 bits per heavy atom. The van der Waals surface area contributed by atoms with Gasteiger partial charge >= 0.3 is 0 Å². The molecule has 0 heterocycles. The summed E-state index contributed by atoms with van der Waals surface area (Å²) in [5.41, 5.74) is 6.54. The number of hydrogen-bond acceptors (Lipinski definition) is 2. The Kier molecular flexibility index (Phi) is 6.65. The Labute approximate surface area is 114 Å². The van der Waals surface area contributed by atoms with Gasteiger partial charge in [-0.25, -0.2) is 0 Å². The minimum absolute atomic E-state index is 0.567. The molecule has 0 spiro atoms. The molecule has 108 valence electrons. The number of rotatable bonds is 7. The Morgan fingerprint density at radius 2 is 1.83 bits per heavy atom. The van der Waals surface area contributed by atoms with Crippen LogP contribution in [-0.2, 0) is 0 Å². The lowest BCUT2D eigenvalue weighted by Gasteiger charge is -2.41. The highest BCUT2D eigenvalue weighted by Crippen LogP contribution is 2.37. The van der Waals surface area contributed by atoms with E-state index in [0.717, 1.165) is 12.6 Å². The molecule has 18 heavy (non-hydrogen) atoms. The van der Waals surface area contributed by atoms with Crippen molar-refractivity contribution < 1.29 is 0 Å². The molecule has 1 aliphatic carbocycles. The van der Waals surface area contributed by atoms with Crippen LogP contribution in [0.15, 0.2) is 0 Å². The van der Waals surface area contributed by atoms with Crippen molar-refractivity contribution in [1.29, 1.82) is 0 Å². The van der Waals surface area contributed by atoms with Crippen LogP contribution in [0.4, 0.5) is 0 Å². The maximum atomic E-state index is 5.97. The molecule has 1 fully saturated rings. The van der Waals surface area contributed by atoms with Gasteiger partial charge < -0.3 is 5.73 Å². The first kappa shape index (κ1) is 16.0. The second kappa shape index (κ2) is 7.49. The Hall–Kier alpha value is -0.0800. The first-order valence-electron chi connectivity index (χ1n) is 7.92. The van der Waals surface area contributed by atoms with E-state index in [-0.39, 0.29) is 0 Å². The largest absolute Gasteiger partial charge is 0.329 e. The first-order chi connectivity index (χ1) is 8.50. The number of hydrogen-bond donors (Lipinski definition) is 1. The van der Waals surface area contributed by atoms with E-state index in [4.69, 9.17) is 5.73 Å². The summed E-state index contributed by atoms with van der Waals surface area (Å²) in [6.07, 6.45) is 10.7. The fourth-order valence-corrected chi connectivity index (χ4v) is 3.21. The lowest BCUT2D eigenvalue weighted by molar-refractivity contribution is 0.0923. The van der Waals surface area contributed by atoms with E-state index >= 15 is 0 Å². The van der Waals surface area contributed by atoms with Gasteiger partial charge in [-0.05, 0) is 44.6 Å². The van der Waals surface area contributed by atoms with Crippen molar-refractivity contribution in [3.63, 3.8) is 0 Å². The van der Waals surface area contributed by atoms with Gasteiger partial charge in [0.15, 0.2) is 0 Å². The molecule has 0 bridgehead atoms. The van der Waals surface area contributed by atoms with E-state index in [1.165, 1.54) is 51.4 Å². The average molecular weight is 254 g/mol. The highest BCUT2D eigenvalue weighted by atomic mass is 15.2. The van der Waals surface area contributed by atoms with Crippen LogP contribution in [0.2, 0.25) is 0 Å². The molecule has 1 unspecified atom stereocenters. The minimum Gasteiger partial charge on any atom is -0.329 e. The van der Waals surface area contributed by atoms with Crippen LogP contribution in [-0.4, -0.2) is 30.6 Å². The van der Waals surface area contributed by atoms with E-state index in [1.807, 2.05) is 0 Å². The zero-order chi connectivity index (χ0) is 13.6. The lowest BCUT2D eigenvalue weighted by Crippen LogP contribution is -2.46. The third-order valence-electron chi connectivity index (χ3n) is 4.87. The molecule has 1 rings (SSSR count). The molecule has 2 N–H and O–H groups in total. The molecule has 1 atom stereocenters. The zero-order valence-corrected chi connectivity index (χ0v) is 13.0. The van der Waals surface area contributed by atoms with Crippen LogP contribution in [0, 0.1) is 5.41 Å². The van der Waals surface area contributed by atoms with Gasteiger partial charge in [0, 0.05) is 18.6 Å². The van der Waals surface area contributed by atoms with Gasteiger partial charge in [-0.15, -0.1) is 0 Å². The third-order valence-corrected chi connectivity index (χ3v) is 4.87.